The van der Waals surface area contributed by atoms with Gasteiger partial charge in [0.05, 0.1) is 0 Å². The van der Waals surface area contributed by atoms with Crippen LogP contribution in [0.5, 0.6) is 0 Å². The first-order valence-corrected chi connectivity index (χ1v) is 11.0. The molecule has 0 saturated carbocycles. The van der Waals surface area contributed by atoms with Crippen LogP contribution in [0.2, 0.25) is 0 Å². The van der Waals surface area contributed by atoms with E-state index in [0.29, 0.717) is 5.92 Å². The highest BCUT2D eigenvalue weighted by atomic mass is 31.1. The lowest BCUT2D eigenvalue weighted by atomic mass is 9.87. The first kappa shape index (κ1) is 20.3. The number of nitrogens with zero attached hydrogens (tertiary/aromatic N) is 1. The summed E-state index contributed by atoms with van der Waals surface area (Å²) < 4.78 is 0. The normalized spacial score (nSPS) is 14.0. The van der Waals surface area contributed by atoms with Gasteiger partial charge < -0.3 is 0 Å². The fourth-order valence-electron chi connectivity index (χ4n) is 3.10. The molecule has 0 N–H and O–H groups in total. The highest BCUT2D eigenvalue weighted by molar-refractivity contribution is 7.37. The van der Waals surface area contributed by atoms with Gasteiger partial charge in [-0.25, -0.2) is 0 Å². The van der Waals surface area contributed by atoms with E-state index in [1.807, 2.05) is 13.3 Å². The lowest BCUT2D eigenvalue weighted by molar-refractivity contribution is 0.692. The molecule has 0 aliphatic carbocycles. The van der Waals surface area contributed by atoms with Crippen LogP contribution in [0.15, 0.2) is 83.4 Å². The molecule has 2 atom stereocenters. The van der Waals surface area contributed by atoms with Crippen molar-refractivity contribution in [2.45, 2.75) is 25.7 Å². The first-order chi connectivity index (χ1) is 12.7. The summed E-state index contributed by atoms with van der Waals surface area (Å²) in [6, 6.07) is 19.6. The molecule has 26 heavy (non-hydrogen) atoms. The second kappa shape index (κ2) is 11.6. The van der Waals surface area contributed by atoms with Crippen molar-refractivity contribution in [2.75, 3.05) is 19.9 Å². The number of benzene rings is 2. The first-order valence-electron chi connectivity index (χ1n) is 9.26. The van der Waals surface area contributed by atoms with E-state index in [4.69, 9.17) is 0 Å². The van der Waals surface area contributed by atoms with Crippen LogP contribution >= 0.6 is 8.58 Å². The van der Waals surface area contributed by atoms with Crippen molar-refractivity contribution < 1.29 is 0 Å². The van der Waals surface area contributed by atoms with Crippen molar-refractivity contribution in [3.8, 4) is 0 Å². The van der Waals surface area contributed by atoms with Gasteiger partial charge in [0.15, 0.2) is 0 Å². The molecule has 0 aromatic heterocycles. The monoisotopic (exact) mass is 363 g/mol. The fourth-order valence-corrected chi connectivity index (χ4v) is 3.74. The molecule has 2 rings (SSSR count). The summed E-state index contributed by atoms with van der Waals surface area (Å²) in [6.07, 6.45) is 11.9. The van der Waals surface area contributed by atoms with Crippen LogP contribution in [0.1, 0.15) is 29.0 Å². The van der Waals surface area contributed by atoms with Crippen molar-refractivity contribution in [3.05, 3.63) is 95.1 Å². The molecule has 0 aliphatic heterocycles. The van der Waals surface area contributed by atoms with E-state index in [0.717, 1.165) is 27.6 Å². The highest BCUT2D eigenvalue weighted by Gasteiger charge is 2.12. The van der Waals surface area contributed by atoms with E-state index in [9.17, 15) is 0 Å². The molecule has 0 bridgehead atoms. The van der Waals surface area contributed by atoms with Crippen molar-refractivity contribution in [1.82, 2.24) is 0 Å². The Hall–Kier alpha value is -1.98. The van der Waals surface area contributed by atoms with Crippen LogP contribution in [0, 0.1) is 6.92 Å². The predicted molar refractivity (Wildman–Crippen MR) is 119 cm³/mol. The average Bonchev–Trinajstić information content (AvgIpc) is 2.67. The third-order valence-electron chi connectivity index (χ3n) is 4.57. The Kier molecular flexibility index (Phi) is 9.07. The van der Waals surface area contributed by atoms with Crippen LogP contribution < -0.4 is 0 Å². The van der Waals surface area contributed by atoms with E-state index in [1.165, 1.54) is 22.3 Å². The van der Waals surface area contributed by atoms with Gasteiger partial charge in [0.2, 0.25) is 0 Å². The van der Waals surface area contributed by atoms with Gasteiger partial charge in [-0.3, -0.25) is 4.99 Å². The van der Waals surface area contributed by atoms with Crippen LogP contribution in [-0.4, -0.2) is 26.1 Å². The van der Waals surface area contributed by atoms with E-state index in [-0.39, 0.29) is 0 Å². The van der Waals surface area contributed by atoms with Gasteiger partial charge in [0, 0.05) is 13.3 Å². The molecule has 2 aromatic carbocycles. The number of hydrogen-bond donors (Lipinski definition) is 0. The molecule has 2 aromatic rings. The van der Waals surface area contributed by atoms with Crippen molar-refractivity contribution >= 4 is 14.8 Å². The van der Waals surface area contributed by atoms with Crippen molar-refractivity contribution in [1.29, 1.82) is 0 Å². The minimum absolute atomic E-state index is 0.499. The third-order valence-corrected chi connectivity index (χ3v) is 5.33. The van der Waals surface area contributed by atoms with E-state index in [2.05, 4.69) is 91.4 Å². The molecule has 0 heterocycles. The van der Waals surface area contributed by atoms with Crippen molar-refractivity contribution in [2.24, 2.45) is 4.99 Å². The fraction of sp³-hybridized carbons (Fsp3) is 0.292. The lowest BCUT2D eigenvalue weighted by Crippen LogP contribution is -2.03. The van der Waals surface area contributed by atoms with Gasteiger partial charge >= 0.3 is 0 Å². The van der Waals surface area contributed by atoms with Crippen LogP contribution in [-0.2, 0) is 6.42 Å². The summed E-state index contributed by atoms with van der Waals surface area (Å²) in [4.78, 5) is 4.08. The summed E-state index contributed by atoms with van der Waals surface area (Å²) in [7, 11) is 2.74. The second-order valence-corrected chi connectivity index (χ2v) is 7.62. The SMILES string of the molecule is CN=C/C=C(\C=C/CC(Cc1ccccc1C)c1ccccc1)CPC. The molecular formula is C24H30NP. The van der Waals surface area contributed by atoms with Crippen molar-refractivity contribution in [3.63, 3.8) is 0 Å². The molecule has 2 heteroatoms. The zero-order valence-corrected chi connectivity index (χ0v) is 17.2. The number of hydrogen-bond acceptors (Lipinski definition) is 1. The minimum atomic E-state index is 0.499. The quantitative estimate of drug-likeness (QED) is 0.286. The van der Waals surface area contributed by atoms with Crippen LogP contribution in [0.4, 0.5) is 0 Å². The molecular weight excluding hydrogens is 333 g/mol. The average molecular weight is 363 g/mol. The van der Waals surface area contributed by atoms with Crippen LogP contribution in [0.25, 0.3) is 0 Å². The largest absolute Gasteiger partial charge is 0.297 e. The number of rotatable bonds is 9. The zero-order chi connectivity index (χ0) is 18.6. The maximum Gasteiger partial charge on any atom is 0.0277 e. The molecule has 0 spiro atoms. The van der Waals surface area contributed by atoms with Gasteiger partial charge in [0.1, 0.15) is 0 Å². The minimum Gasteiger partial charge on any atom is -0.297 e. The van der Waals surface area contributed by atoms with Gasteiger partial charge in [-0.15, -0.1) is 8.58 Å². The maximum atomic E-state index is 4.08. The number of aryl methyl sites for hydroxylation is 1. The van der Waals surface area contributed by atoms with E-state index < -0.39 is 0 Å². The van der Waals surface area contributed by atoms with Gasteiger partial charge in [0.25, 0.3) is 0 Å². The summed E-state index contributed by atoms with van der Waals surface area (Å²) in [5.74, 6) is 0.499. The Morgan fingerprint density at radius 2 is 1.81 bits per heavy atom. The molecule has 0 amide bonds. The summed E-state index contributed by atoms with van der Waals surface area (Å²) >= 11 is 0. The Morgan fingerprint density at radius 1 is 1.08 bits per heavy atom. The zero-order valence-electron chi connectivity index (χ0n) is 16.2. The van der Waals surface area contributed by atoms with Crippen LogP contribution in [0.3, 0.4) is 0 Å². The van der Waals surface area contributed by atoms with Gasteiger partial charge in [-0.1, -0.05) is 66.7 Å². The topological polar surface area (TPSA) is 12.4 Å². The third kappa shape index (κ3) is 6.73. The summed E-state index contributed by atoms with van der Waals surface area (Å²) in [6.45, 7) is 4.45. The molecule has 0 fully saturated rings. The number of aliphatic imine (C=N–C) groups is 1. The smallest absolute Gasteiger partial charge is 0.0277 e. The van der Waals surface area contributed by atoms with Gasteiger partial charge in [-0.05, 0) is 66.8 Å². The molecule has 0 radical (unpaired) electrons. The Labute approximate surface area is 160 Å². The lowest BCUT2D eigenvalue weighted by Gasteiger charge is -2.17. The maximum absolute atomic E-state index is 4.08. The predicted octanol–water partition coefficient (Wildman–Crippen LogP) is 6.20. The highest BCUT2D eigenvalue weighted by Crippen LogP contribution is 2.26. The van der Waals surface area contributed by atoms with Gasteiger partial charge in [-0.2, -0.15) is 0 Å². The van der Waals surface area contributed by atoms with E-state index in [1.54, 1.807) is 0 Å². The summed E-state index contributed by atoms with van der Waals surface area (Å²) in [5, 5.41) is 0. The summed E-state index contributed by atoms with van der Waals surface area (Å²) in [5.41, 5.74) is 5.60. The number of allylic oxidation sites excluding steroid dienone is 4. The Balaban J connectivity index is 2.16. The standard InChI is InChI=1S/C24H30NP/c1-20-10-7-8-14-23(20)18-24(22-12-5-4-6-13-22)15-9-11-21(19-26-3)16-17-25-2/h4-14,16-17,24,26H,15,18-19H2,1-3H3/b11-9-,21-16+,25-17?. The molecule has 0 saturated heterocycles. The second-order valence-electron chi connectivity index (χ2n) is 6.56. The Bertz CT molecular complexity index is 744. The molecule has 1 nitrogen and oxygen atoms in total. The molecule has 2 unspecified atom stereocenters. The Morgan fingerprint density at radius 3 is 2.50 bits per heavy atom. The molecule has 0 aliphatic rings. The van der Waals surface area contributed by atoms with E-state index >= 15 is 0 Å². The molecule has 136 valence electrons.